The molecule has 0 aliphatic carbocycles. The van der Waals surface area contributed by atoms with Crippen LogP contribution in [0.3, 0.4) is 0 Å². The molecule has 23 heavy (non-hydrogen) atoms. The summed E-state index contributed by atoms with van der Waals surface area (Å²) in [7, 11) is 2.09. The van der Waals surface area contributed by atoms with E-state index in [1.54, 1.807) is 6.33 Å². The summed E-state index contributed by atoms with van der Waals surface area (Å²) in [6.07, 6.45) is 5.71. The van der Waals surface area contributed by atoms with E-state index in [-0.39, 0.29) is 0 Å². The van der Waals surface area contributed by atoms with Crippen LogP contribution in [0.4, 0.5) is 5.82 Å². The highest BCUT2D eigenvalue weighted by atomic mass is 15.2. The molecule has 0 atom stereocenters. The first kappa shape index (κ1) is 14.5. The van der Waals surface area contributed by atoms with Gasteiger partial charge in [0.15, 0.2) is 5.82 Å². The van der Waals surface area contributed by atoms with Crippen LogP contribution in [0.15, 0.2) is 30.6 Å². The molecule has 3 heterocycles. The second kappa shape index (κ2) is 6.16. The van der Waals surface area contributed by atoms with Crippen molar-refractivity contribution in [2.75, 3.05) is 31.5 Å². The Morgan fingerprint density at radius 2 is 1.91 bits per heavy atom. The Balaban J connectivity index is 1.59. The molecule has 1 N–H and O–H groups in total. The molecule has 1 saturated heterocycles. The van der Waals surface area contributed by atoms with E-state index in [0.717, 1.165) is 29.9 Å². The highest BCUT2D eigenvalue weighted by Gasteiger charge is 2.14. The molecule has 0 saturated carbocycles. The van der Waals surface area contributed by atoms with Crippen molar-refractivity contribution in [3.8, 4) is 0 Å². The number of nitrogens with one attached hydrogen (secondary N) is 1. The highest BCUT2D eigenvalue weighted by Crippen LogP contribution is 2.29. The highest BCUT2D eigenvalue weighted by molar-refractivity contribution is 6.08. The summed E-state index contributed by atoms with van der Waals surface area (Å²) in [4.78, 5) is 11.5. The van der Waals surface area contributed by atoms with Gasteiger partial charge in [-0.2, -0.15) is 0 Å². The second-order valence-corrected chi connectivity index (χ2v) is 6.32. The van der Waals surface area contributed by atoms with Crippen LogP contribution >= 0.6 is 0 Å². The summed E-state index contributed by atoms with van der Waals surface area (Å²) in [6, 6.07) is 8.39. The van der Waals surface area contributed by atoms with Gasteiger partial charge < -0.3 is 14.8 Å². The Morgan fingerprint density at radius 1 is 1.09 bits per heavy atom. The molecule has 120 valence electrons. The van der Waals surface area contributed by atoms with Gasteiger partial charge in [-0.1, -0.05) is 24.6 Å². The van der Waals surface area contributed by atoms with Gasteiger partial charge in [-0.3, -0.25) is 0 Å². The van der Waals surface area contributed by atoms with Gasteiger partial charge in [0.1, 0.15) is 17.4 Å². The zero-order chi connectivity index (χ0) is 15.6. The number of rotatable bonds is 4. The van der Waals surface area contributed by atoms with Crippen LogP contribution in [0.5, 0.6) is 0 Å². The van der Waals surface area contributed by atoms with Crippen molar-refractivity contribution >= 4 is 27.8 Å². The predicted octanol–water partition coefficient (Wildman–Crippen LogP) is 3.02. The Kier molecular flexibility index (Phi) is 3.87. The van der Waals surface area contributed by atoms with Crippen LogP contribution in [0.2, 0.25) is 0 Å². The van der Waals surface area contributed by atoms with Crippen molar-refractivity contribution in [1.29, 1.82) is 0 Å². The summed E-state index contributed by atoms with van der Waals surface area (Å²) in [5.41, 5.74) is 3.31. The Labute approximate surface area is 136 Å². The number of anilines is 1. The van der Waals surface area contributed by atoms with Gasteiger partial charge in [-0.15, -0.1) is 0 Å². The van der Waals surface area contributed by atoms with Gasteiger partial charge in [-0.25, -0.2) is 9.97 Å². The lowest BCUT2D eigenvalue weighted by Crippen LogP contribution is -2.33. The average Bonchev–Trinajstić information content (AvgIpc) is 2.90. The van der Waals surface area contributed by atoms with E-state index in [2.05, 4.69) is 56.1 Å². The molecule has 1 aromatic carbocycles. The number of aromatic nitrogens is 3. The molecule has 0 spiro atoms. The number of hydrogen-bond acceptors (Lipinski definition) is 4. The van der Waals surface area contributed by atoms with Crippen LogP contribution in [-0.4, -0.2) is 45.6 Å². The van der Waals surface area contributed by atoms with E-state index in [1.807, 2.05) is 0 Å². The van der Waals surface area contributed by atoms with Crippen molar-refractivity contribution in [1.82, 2.24) is 19.4 Å². The second-order valence-electron chi connectivity index (χ2n) is 6.32. The van der Waals surface area contributed by atoms with Gasteiger partial charge >= 0.3 is 0 Å². The monoisotopic (exact) mass is 309 g/mol. The first-order chi connectivity index (χ1) is 11.3. The molecule has 5 nitrogen and oxygen atoms in total. The number of fused-ring (bicyclic) bond motifs is 3. The lowest BCUT2D eigenvalue weighted by molar-refractivity contribution is 0.237. The maximum Gasteiger partial charge on any atom is 0.154 e. The van der Waals surface area contributed by atoms with Crippen LogP contribution in [0.1, 0.15) is 19.3 Å². The van der Waals surface area contributed by atoms with Crippen LogP contribution in [-0.2, 0) is 7.05 Å². The minimum Gasteiger partial charge on any atom is -0.367 e. The first-order valence-corrected chi connectivity index (χ1v) is 8.49. The Morgan fingerprint density at radius 3 is 2.78 bits per heavy atom. The van der Waals surface area contributed by atoms with Gasteiger partial charge in [0, 0.05) is 25.5 Å². The van der Waals surface area contributed by atoms with Crippen LogP contribution in [0, 0.1) is 0 Å². The van der Waals surface area contributed by atoms with Crippen molar-refractivity contribution in [2.45, 2.75) is 19.3 Å². The van der Waals surface area contributed by atoms with E-state index >= 15 is 0 Å². The SMILES string of the molecule is Cn1c2ccccc2c2ncnc(NCCN3CCCCC3)c21. The topological polar surface area (TPSA) is 46.0 Å². The molecule has 4 rings (SSSR count). The molecule has 0 unspecified atom stereocenters. The lowest BCUT2D eigenvalue weighted by Gasteiger charge is -2.26. The van der Waals surface area contributed by atoms with Crippen molar-refractivity contribution < 1.29 is 0 Å². The smallest absolute Gasteiger partial charge is 0.154 e. The minimum absolute atomic E-state index is 0.924. The molecule has 0 amide bonds. The number of likely N-dealkylation sites (tertiary alicyclic amines) is 1. The normalized spacial score (nSPS) is 16.2. The standard InChI is InChI=1S/C18H23N5/c1-22-15-8-4-3-7-14(15)16-17(22)18(21-13-20-16)19-9-12-23-10-5-2-6-11-23/h3-4,7-8,13H,2,5-6,9-12H2,1H3,(H,19,20,21). The fourth-order valence-corrected chi connectivity index (χ4v) is 3.63. The van der Waals surface area contributed by atoms with E-state index in [1.165, 1.54) is 43.3 Å². The number of aryl methyl sites for hydroxylation is 1. The first-order valence-electron chi connectivity index (χ1n) is 8.49. The average molecular weight is 309 g/mol. The Hall–Kier alpha value is -2.14. The van der Waals surface area contributed by atoms with Crippen LogP contribution < -0.4 is 5.32 Å². The van der Waals surface area contributed by atoms with Gasteiger partial charge in [0.05, 0.1) is 5.52 Å². The number of para-hydroxylation sites is 1. The quantitative estimate of drug-likeness (QED) is 0.805. The maximum absolute atomic E-state index is 4.51. The van der Waals surface area contributed by atoms with E-state index < -0.39 is 0 Å². The zero-order valence-corrected chi connectivity index (χ0v) is 13.6. The summed E-state index contributed by atoms with van der Waals surface area (Å²) in [5.74, 6) is 0.936. The van der Waals surface area contributed by atoms with Crippen molar-refractivity contribution in [3.05, 3.63) is 30.6 Å². The van der Waals surface area contributed by atoms with Crippen LogP contribution in [0.25, 0.3) is 21.9 Å². The van der Waals surface area contributed by atoms with Gasteiger partial charge in [0.25, 0.3) is 0 Å². The third-order valence-corrected chi connectivity index (χ3v) is 4.85. The van der Waals surface area contributed by atoms with Crippen molar-refractivity contribution in [3.63, 3.8) is 0 Å². The molecule has 0 radical (unpaired) electrons. The minimum atomic E-state index is 0.924. The largest absolute Gasteiger partial charge is 0.367 e. The molecule has 0 bridgehead atoms. The molecule has 1 aliphatic heterocycles. The van der Waals surface area contributed by atoms with E-state index in [4.69, 9.17) is 0 Å². The summed E-state index contributed by atoms with van der Waals surface area (Å²) in [6.45, 7) is 4.47. The molecule has 3 aromatic rings. The Bertz CT molecular complexity index is 817. The third-order valence-electron chi connectivity index (χ3n) is 4.85. The molecular weight excluding hydrogens is 286 g/mol. The zero-order valence-electron chi connectivity index (χ0n) is 13.6. The van der Waals surface area contributed by atoms with Crippen molar-refractivity contribution in [2.24, 2.45) is 7.05 Å². The third kappa shape index (κ3) is 2.65. The van der Waals surface area contributed by atoms with E-state index in [0.29, 0.717) is 0 Å². The summed E-state index contributed by atoms with van der Waals surface area (Å²) >= 11 is 0. The molecular formula is C18H23N5. The van der Waals surface area contributed by atoms with Gasteiger partial charge in [-0.05, 0) is 32.0 Å². The number of nitrogens with zero attached hydrogens (tertiary/aromatic N) is 4. The summed E-state index contributed by atoms with van der Waals surface area (Å²) in [5, 5.41) is 4.71. The number of hydrogen-bond donors (Lipinski definition) is 1. The molecule has 1 aliphatic rings. The molecule has 2 aromatic heterocycles. The lowest BCUT2D eigenvalue weighted by atomic mass is 10.1. The maximum atomic E-state index is 4.51. The van der Waals surface area contributed by atoms with E-state index in [9.17, 15) is 0 Å². The fraction of sp³-hybridized carbons (Fsp3) is 0.444. The number of benzene rings is 1. The fourth-order valence-electron chi connectivity index (χ4n) is 3.63. The van der Waals surface area contributed by atoms with Gasteiger partial charge in [0.2, 0.25) is 0 Å². The predicted molar refractivity (Wildman–Crippen MR) is 94.8 cm³/mol. The molecule has 5 heteroatoms. The molecule has 1 fully saturated rings. The summed E-state index contributed by atoms with van der Waals surface area (Å²) < 4.78 is 2.19. The number of piperidine rings is 1.